The van der Waals surface area contributed by atoms with E-state index in [-0.39, 0.29) is 0 Å². The Morgan fingerprint density at radius 3 is 1.33 bits per heavy atom. The van der Waals surface area contributed by atoms with Crippen LogP contribution in [0.25, 0.3) is 0 Å². The van der Waals surface area contributed by atoms with Gasteiger partial charge >= 0.3 is 52.8 Å². The van der Waals surface area contributed by atoms with Crippen LogP contribution < -0.4 is 5.11 Å². The van der Waals surface area contributed by atoms with Gasteiger partial charge in [0, 0.05) is 6.42 Å². The minimum Gasteiger partial charge on any atom is -0.544 e. The van der Waals surface area contributed by atoms with Crippen molar-refractivity contribution in [3.63, 3.8) is 0 Å². The van der Waals surface area contributed by atoms with Crippen LogP contribution in [0.4, 0.5) is 79.0 Å². The summed E-state index contributed by atoms with van der Waals surface area (Å²) in [6.45, 7) is -7.22. The molecule has 0 saturated heterocycles. The van der Waals surface area contributed by atoms with Crippen molar-refractivity contribution in [2.45, 2.75) is 65.3 Å². The number of hydrogen-bond acceptors (Lipinski definition) is 5. The highest BCUT2D eigenvalue weighted by atomic mass is 35.5. The van der Waals surface area contributed by atoms with Crippen LogP contribution in [0.2, 0.25) is 0 Å². The molecular weight excluding hydrogens is 688 g/mol. The van der Waals surface area contributed by atoms with E-state index in [4.69, 9.17) is 10.2 Å². The number of nitrogens with zero attached hydrogens (tertiary/aromatic N) is 1. The van der Waals surface area contributed by atoms with Gasteiger partial charge in [-0.15, -0.1) is 0 Å². The first-order valence-electron chi connectivity index (χ1n) is 10.7. The van der Waals surface area contributed by atoms with E-state index in [1.54, 1.807) is 0 Å². The summed E-state index contributed by atoms with van der Waals surface area (Å²) in [5, 5.41) is 31.2. The monoisotopic (exact) mass is 705 g/mol. The molecule has 0 bridgehead atoms. The van der Waals surface area contributed by atoms with Crippen LogP contribution in [0.1, 0.15) is 6.42 Å². The summed E-state index contributed by atoms with van der Waals surface area (Å²) < 4.78 is 244. The van der Waals surface area contributed by atoms with Crippen molar-refractivity contribution in [1.29, 1.82) is 0 Å². The molecule has 0 saturated carbocycles. The van der Waals surface area contributed by atoms with Crippen LogP contribution in [-0.4, -0.2) is 124 Å². The summed E-state index contributed by atoms with van der Waals surface area (Å²) >= 11 is 3.39. The third-order valence-corrected chi connectivity index (χ3v) is 6.21. The molecule has 0 fully saturated rings. The van der Waals surface area contributed by atoms with Gasteiger partial charge in [-0.25, -0.2) is 4.39 Å². The summed E-state index contributed by atoms with van der Waals surface area (Å²) in [6.07, 6.45) is -14.7. The number of aliphatic carboxylic acids is 1. The standard InChI is InChI=1S/C18H18ClF18NO5/c19-17(33,34)11(22,18(35,36)37)13(25,26)15(29,30)16(31,32)14(27,28)12(23,24)10(20,21)5-8(41)6-38(1-3-39,2-4-40)7-9(42)43/h8,39-41H,1-7H2. The van der Waals surface area contributed by atoms with Crippen LogP contribution in [-0.2, 0) is 4.79 Å². The number of hydrogen-bond donors (Lipinski definition) is 3. The maximum Gasteiger partial charge on any atom is 0.436 e. The SMILES string of the molecule is O=C([O-])C[N+](CCO)(CCO)CC(O)CC(F)(F)C(F)(F)C(F)(F)C(F)(F)C(F)(F)C(F)(F)C(F)(C(F)(F)F)C(F)(F)Cl. The van der Waals surface area contributed by atoms with E-state index in [9.17, 15) is 94.0 Å². The molecule has 2 unspecified atom stereocenters. The highest BCUT2D eigenvalue weighted by molar-refractivity contribution is 6.22. The second kappa shape index (κ2) is 12.3. The molecule has 3 N–H and O–H groups in total. The van der Waals surface area contributed by atoms with E-state index in [0.717, 1.165) is 0 Å². The average Bonchev–Trinajstić information content (AvgIpc) is 2.75. The number of carboxylic acid groups (broad SMARTS) is 1. The van der Waals surface area contributed by atoms with Gasteiger partial charge in [0.2, 0.25) is 0 Å². The van der Waals surface area contributed by atoms with Crippen molar-refractivity contribution in [1.82, 2.24) is 0 Å². The number of rotatable bonds is 17. The highest BCUT2D eigenvalue weighted by Gasteiger charge is 2.97. The van der Waals surface area contributed by atoms with Crippen molar-refractivity contribution in [2.75, 3.05) is 39.4 Å². The molecule has 0 aliphatic heterocycles. The highest BCUT2D eigenvalue weighted by Crippen LogP contribution is 2.66. The molecule has 0 spiro atoms. The molecule has 0 rings (SSSR count). The average molecular weight is 706 g/mol. The normalized spacial score (nSPS) is 17.5. The van der Waals surface area contributed by atoms with E-state index < -0.39 is 115 Å². The summed E-state index contributed by atoms with van der Waals surface area (Å²) in [7, 11) is 0. The summed E-state index contributed by atoms with van der Waals surface area (Å²) in [6, 6.07) is 0. The van der Waals surface area contributed by atoms with Gasteiger partial charge in [0.15, 0.2) is 0 Å². The number of halogens is 19. The fourth-order valence-corrected chi connectivity index (χ4v) is 3.93. The number of carbonyl (C=O) groups excluding carboxylic acids is 1. The second-order valence-electron chi connectivity index (χ2n) is 9.04. The van der Waals surface area contributed by atoms with Gasteiger partial charge in [-0.2, -0.15) is 74.6 Å². The zero-order valence-electron chi connectivity index (χ0n) is 20.3. The number of carboxylic acids is 1. The number of alkyl halides is 19. The molecule has 0 aromatic rings. The first kappa shape index (κ1) is 41.3. The smallest absolute Gasteiger partial charge is 0.436 e. The predicted octanol–water partition coefficient (Wildman–Crippen LogP) is 3.20. The topological polar surface area (TPSA) is 101 Å². The Morgan fingerprint density at radius 2 is 1.02 bits per heavy atom. The fourth-order valence-electron chi connectivity index (χ4n) is 3.71. The largest absolute Gasteiger partial charge is 0.544 e. The molecular formula is C18H18ClF18NO5. The minimum absolute atomic E-state index is 0.946. The lowest BCUT2D eigenvalue weighted by Crippen LogP contribution is -2.77. The van der Waals surface area contributed by atoms with Gasteiger partial charge in [-0.3, -0.25) is 0 Å². The van der Waals surface area contributed by atoms with Crippen molar-refractivity contribution in [3.05, 3.63) is 0 Å². The Bertz CT molecular complexity index is 950. The molecule has 0 heterocycles. The maximum absolute atomic E-state index is 14.2. The first-order chi connectivity index (χ1) is 18.6. The van der Waals surface area contributed by atoms with Crippen LogP contribution in [0.3, 0.4) is 0 Å². The van der Waals surface area contributed by atoms with Crippen molar-refractivity contribution < 1.29 is 109 Å². The third-order valence-electron chi connectivity index (χ3n) is 5.95. The molecule has 6 nitrogen and oxygen atoms in total. The van der Waals surface area contributed by atoms with E-state index in [2.05, 4.69) is 11.6 Å². The second-order valence-corrected chi connectivity index (χ2v) is 9.51. The summed E-state index contributed by atoms with van der Waals surface area (Å²) in [5.41, 5.74) is -8.43. The quantitative estimate of drug-likeness (QED) is 0.123. The number of quaternary nitrogens is 1. The van der Waals surface area contributed by atoms with Gasteiger partial charge < -0.3 is 29.7 Å². The maximum atomic E-state index is 14.2. The predicted molar refractivity (Wildman–Crippen MR) is 99.9 cm³/mol. The molecule has 0 aromatic heterocycles. The number of aliphatic hydroxyl groups excluding tert-OH is 3. The van der Waals surface area contributed by atoms with Crippen molar-refractivity contribution >= 4 is 17.6 Å². The lowest BCUT2D eigenvalue weighted by Gasteiger charge is -2.45. The van der Waals surface area contributed by atoms with Crippen LogP contribution in [0, 0.1) is 0 Å². The Labute approximate surface area is 232 Å². The Kier molecular flexibility index (Phi) is 11.8. The molecule has 25 heteroatoms. The van der Waals surface area contributed by atoms with Crippen molar-refractivity contribution in [2.24, 2.45) is 0 Å². The summed E-state index contributed by atoms with van der Waals surface area (Å²) in [5.74, 6) is -52.8. The van der Waals surface area contributed by atoms with Crippen LogP contribution >= 0.6 is 11.6 Å². The van der Waals surface area contributed by atoms with Gasteiger partial charge in [-0.1, -0.05) is 0 Å². The molecule has 0 aromatic carbocycles. The first-order valence-corrected chi connectivity index (χ1v) is 11.1. The molecule has 0 radical (unpaired) electrons. The molecule has 0 aliphatic carbocycles. The van der Waals surface area contributed by atoms with E-state index in [0.29, 0.717) is 0 Å². The third kappa shape index (κ3) is 6.81. The molecule has 0 amide bonds. The van der Waals surface area contributed by atoms with E-state index in [1.165, 1.54) is 0 Å². The van der Waals surface area contributed by atoms with Crippen molar-refractivity contribution in [3.8, 4) is 0 Å². The summed E-state index contributed by atoms with van der Waals surface area (Å²) in [4.78, 5) is 10.9. The van der Waals surface area contributed by atoms with Gasteiger partial charge in [-0.05, 0) is 11.6 Å². The van der Waals surface area contributed by atoms with Gasteiger partial charge in [0.1, 0.15) is 32.3 Å². The Balaban J connectivity index is 6.86. The molecule has 43 heavy (non-hydrogen) atoms. The molecule has 2 atom stereocenters. The number of carbonyl (C=O) groups is 1. The van der Waals surface area contributed by atoms with Crippen LogP contribution in [0.15, 0.2) is 0 Å². The van der Waals surface area contributed by atoms with Gasteiger partial charge in [0.05, 0.1) is 19.2 Å². The molecule has 258 valence electrons. The van der Waals surface area contributed by atoms with Crippen LogP contribution in [0.5, 0.6) is 0 Å². The number of aliphatic hydroxyl groups is 3. The molecule has 0 aliphatic rings. The van der Waals surface area contributed by atoms with E-state index >= 15 is 0 Å². The van der Waals surface area contributed by atoms with Gasteiger partial charge in [0.25, 0.3) is 0 Å². The minimum atomic E-state index is -9.02. The Hall–Kier alpha value is -1.66. The zero-order valence-corrected chi connectivity index (χ0v) is 21.1. The fraction of sp³-hybridized carbons (Fsp3) is 0.944. The Morgan fingerprint density at radius 1 is 0.674 bits per heavy atom. The van der Waals surface area contributed by atoms with E-state index in [1.807, 2.05) is 0 Å². The lowest BCUT2D eigenvalue weighted by molar-refractivity contribution is -0.926. The zero-order chi connectivity index (χ0) is 35.1. The lowest BCUT2D eigenvalue weighted by atomic mass is 9.83.